The number of benzene rings is 7. The van der Waals surface area contributed by atoms with Gasteiger partial charge in [-0.15, -0.1) is 0 Å². The van der Waals surface area contributed by atoms with E-state index in [1.807, 2.05) is 0 Å². The van der Waals surface area contributed by atoms with E-state index in [1.54, 1.807) is 0 Å². The van der Waals surface area contributed by atoms with Gasteiger partial charge in [0.05, 0.1) is 22.2 Å². The van der Waals surface area contributed by atoms with E-state index in [9.17, 15) is 0 Å². The fraction of sp³-hybridized carbons (Fsp3) is 0.0755. The first-order valence-electron chi connectivity index (χ1n) is 19.6. The Bertz CT molecular complexity index is 2840. The molecule has 3 heteroatoms. The molecule has 7 aromatic carbocycles. The molecule has 1 aliphatic heterocycles. The second-order valence-electron chi connectivity index (χ2n) is 15.1. The monoisotopic (exact) mass is 717 g/mol. The number of aromatic nitrogens is 1. The molecule has 0 spiro atoms. The summed E-state index contributed by atoms with van der Waals surface area (Å²) in [5.74, 6) is 0.462. The van der Waals surface area contributed by atoms with Gasteiger partial charge in [0.1, 0.15) is 0 Å². The van der Waals surface area contributed by atoms with Crippen molar-refractivity contribution in [2.45, 2.75) is 17.6 Å². The van der Waals surface area contributed by atoms with Gasteiger partial charge in [0.15, 0.2) is 0 Å². The maximum atomic E-state index is 5.59. The number of allylic oxidation sites excluding steroid dienone is 5. The van der Waals surface area contributed by atoms with Gasteiger partial charge in [-0.2, -0.15) is 0 Å². The first-order valence-corrected chi connectivity index (χ1v) is 19.6. The van der Waals surface area contributed by atoms with E-state index in [1.165, 1.54) is 49.7 Å². The molecule has 2 aliphatic carbocycles. The van der Waals surface area contributed by atoms with Crippen LogP contribution >= 0.6 is 0 Å². The predicted octanol–water partition coefficient (Wildman–Crippen LogP) is 12.2. The predicted molar refractivity (Wildman–Crippen MR) is 232 cm³/mol. The third-order valence-corrected chi connectivity index (χ3v) is 12.2. The second kappa shape index (κ2) is 13.1. The minimum absolute atomic E-state index is 0.223. The Morgan fingerprint density at radius 1 is 0.500 bits per heavy atom. The average molecular weight is 718 g/mol. The van der Waals surface area contributed by atoms with Crippen LogP contribution in [0, 0.1) is 5.92 Å². The number of fused-ring (bicyclic) bond motifs is 6. The van der Waals surface area contributed by atoms with Crippen molar-refractivity contribution in [3.05, 3.63) is 246 Å². The minimum Gasteiger partial charge on any atom is -0.346 e. The molecule has 0 saturated heterocycles. The van der Waals surface area contributed by atoms with Crippen LogP contribution in [0.3, 0.4) is 0 Å². The average Bonchev–Trinajstić information content (AvgIpc) is 3.76. The SMILES string of the molecule is C1=CC2c3cc4c5ccccc5n(C5N=C(c6cccc(-c7ccccc7)c6)C=C(c6ccccc6)N5)c4cc3C(c3ccccc3)(c3ccccc3)C2C=C1. The van der Waals surface area contributed by atoms with Crippen molar-refractivity contribution >= 4 is 33.2 Å². The highest BCUT2D eigenvalue weighted by molar-refractivity contribution is 6.14. The molecule has 266 valence electrons. The molecule has 0 amide bonds. The molecule has 8 aromatic rings. The Balaban J connectivity index is 1.17. The number of aliphatic imine (C=N–C) groups is 1. The number of nitrogens with zero attached hydrogens (tertiary/aromatic N) is 2. The highest BCUT2D eigenvalue weighted by atomic mass is 15.3. The molecule has 0 saturated carbocycles. The van der Waals surface area contributed by atoms with Crippen LogP contribution in [0.2, 0.25) is 0 Å². The zero-order valence-corrected chi connectivity index (χ0v) is 30.8. The quantitative estimate of drug-likeness (QED) is 0.182. The first kappa shape index (κ1) is 32.5. The summed E-state index contributed by atoms with van der Waals surface area (Å²) in [4.78, 5) is 5.59. The normalized spacial score (nSPS) is 19.2. The lowest BCUT2D eigenvalue weighted by Crippen LogP contribution is -2.35. The van der Waals surface area contributed by atoms with E-state index in [0.717, 1.165) is 28.1 Å². The van der Waals surface area contributed by atoms with Gasteiger partial charge in [0.25, 0.3) is 0 Å². The van der Waals surface area contributed by atoms with Gasteiger partial charge in [-0.3, -0.25) is 0 Å². The van der Waals surface area contributed by atoms with Crippen LogP contribution in [0.25, 0.3) is 38.6 Å². The lowest BCUT2D eigenvalue weighted by Gasteiger charge is -2.38. The van der Waals surface area contributed by atoms with Crippen molar-refractivity contribution in [1.82, 2.24) is 9.88 Å². The summed E-state index contributed by atoms with van der Waals surface area (Å²) in [6.07, 6.45) is 11.1. The topological polar surface area (TPSA) is 29.3 Å². The van der Waals surface area contributed by atoms with E-state index in [0.29, 0.717) is 0 Å². The lowest BCUT2D eigenvalue weighted by molar-refractivity contribution is 0.456. The van der Waals surface area contributed by atoms with Crippen molar-refractivity contribution in [2.24, 2.45) is 10.9 Å². The van der Waals surface area contributed by atoms with Crippen molar-refractivity contribution in [3.63, 3.8) is 0 Å². The molecule has 0 radical (unpaired) electrons. The molecule has 3 nitrogen and oxygen atoms in total. The van der Waals surface area contributed by atoms with Crippen LogP contribution in [0.15, 0.2) is 217 Å². The maximum absolute atomic E-state index is 5.59. The summed E-state index contributed by atoms with van der Waals surface area (Å²) in [5.41, 5.74) is 13.9. The van der Waals surface area contributed by atoms with Crippen molar-refractivity contribution < 1.29 is 0 Å². The van der Waals surface area contributed by atoms with Crippen LogP contribution < -0.4 is 5.32 Å². The summed E-state index contributed by atoms with van der Waals surface area (Å²) >= 11 is 0. The lowest BCUT2D eigenvalue weighted by atomic mass is 9.63. The molecular weight excluding hydrogens is 679 g/mol. The maximum Gasteiger partial charge on any atom is 0.201 e. The highest BCUT2D eigenvalue weighted by Crippen LogP contribution is 2.60. The number of hydrogen-bond acceptors (Lipinski definition) is 2. The van der Waals surface area contributed by atoms with E-state index < -0.39 is 6.29 Å². The summed E-state index contributed by atoms with van der Waals surface area (Å²) in [7, 11) is 0. The van der Waals surface area contributed by atoms with Gasteiger partial charge < -0.3 is 9.88 Å². The molecule has 3 aliphatic rings. The van der Waals surface area contributed by atoms with Crippen molar-refractivity contribution in [1.29, 1.82) is 0 Å². The van der Waals surface area contributed by atoms with E-state index in [4.69, 9.17) is 4.99 Å². The molecule has 2 heterocycles. The van der Waals surface area contributed by atoms with E-state index in [-0.39, 0.29) is 17.3 Å². The molecule has 3 unspecified atom stereocenters. The molecule has 1 N–H and O–H groups in total. The summed E-state index contributed by atoms with van der Waals surface area (Å²) in [5, 5.41) is 6.40. The summed E-state index contributed by atoms with van der Waals surface area (Å²) in [6, 6.07) is 66.2. The summed E-state index contributed by atoms with van der Waals surface area (Å²) in [6.45, 7) is 0. The van der Waals surface area contributed by atoms with Gasteiger partial charge >= 0.3 is 0 Å². The minimum atomic E-state index is -0.405. The van der Waals surface area contributed by atoms with Crippen LogP contribution in [-0.2, 0) is 5.41 Å². The third kappa shape index (κ3) is 5.01. The van der Waals surface area contributed by atoms with E-state index >= 15 is 0 Å². The molecule has 3 atom stereocenters. The zero-order valence-electron chi connectivity index (χ0n) is 30.8. The molecule has 1 aromatic heterocycles. The van der Waals surface area contributed by atoms with Crippen LogP contribution in [0.4, 0.5) is 0 Å². The Labute approximate surface area is 327 Å². The molecule has 0 fully saturated rings. The van der Waals surface area contributed by atoms with Crippen LogP contribution in [0.5, 0.6) is 0 Å². The number of para-hydroxylation sites is 1. The molecule has 56 heavy (non-hydrogen) atoms. The fourth-order valence-electron chi connectivity index (χ4n) is 9.78. The Kier molecular flexibility index (Phi) is 7.60. The standard InChI is InChI=1S/C53H39N3/c1-5-18-36(19-6-1)38-22-17-23-39(32-38)49-35-48(37-20-7-2-8-21-37)54-52(55-49)56-50-31-16-14-29-43(50)45-33-44-42-28-13-15-30-46(42)53(47(44)34-51(45)56,40-24-9-3-10-25-40)41-26-11-4-12-27-41/h1-35,42,46,52,54H. The Morgan fingerprint density at radius 2 is 1.11 bits per heavy atom. The number of hydrogen-bond donors (Lipinski definition) is 1. The third-order valence-electron chi connectivity index (χ3n) is 12.2. The van der Waals surface area contributed by atoms with Crippen molar-refractivity contribution in [3.8, 4) is 11.1 Å². The fourth-order valence-corrected chi connectivity index (χ4v) is 9.78. The highest BCUT2D eigenvalue weighted by Gasteiger charge is 2.53. The largest absolute Gasteiger partial charge is 0.346 e. The van der Waals surface area contributed by atoms with Crippen molar-refractivity contribution in [2.75, 3.05) is 0 Å². The van der Waals surface area contributed by atoms with Crippen LogP contribution in [0.1, 0.15) is 45.6 Å². The number of rotatable bonds is 6. The number of nitrogens with one attached hydrogen (secondary N) is 1. The second-order valence-corrected chi connectivity index (χ2v) is 15.1. The first-order chi connectivity index (χ1) is 27.8. The van der Waals surface area contributed by atoms with Gasteiger partial charge in [-0.1, -0.05) is 182 Å². The molecular formula is C53H39N3. The summed E-state index contributed by atoms with van der Waals surface area (Å²) < 4.78 is 2.44. The zero-order chi connectivity index (χ0) is 37.1. The van der Waals surface area contributed by atoms with Gasteiger partial charge in [-0.05, 0) is 69.3 Å². The van der Waals surface area contributed by atoms with E-state index in [2.05, 4.69) is 222 Å². The van der Waals surface area contributed by atoms with Crippen LogP contribution in [-0.4, -0.2) is 10.3 Å². The van der Waals surface area contributed by atoms with Gasteiger partial charge in [0.2, 0.25) is 6.29 Å². The molecule has 11 rings (SSSR count). The van der Waals surface area contributed by atoms with Gasteiger partial charge in [-0.25, -0.2) is 4.99 Å². The molecule has 0 bridgehead atoms. The van der Waals surface area contributed by atoms with Gasteiger partial charge in [0, 0.05) is 33.9 Å². The Hall–Kier alpha value is -6.97. The Morgan fingerprint density at radius 3 is 1.84 bits per heavy atom. The smallest absolute Gasteiger partial charge is 0.201 e.